The number of halogens is 1. The average Bonchev–Trinajstić information content (AvgIpc) is 2.56. The second kappa shape index (κ2) is 3.96. The molecule has 0 unspecified atom stereocenters. The number of aryl methyl sites for hydroxylation is 1. The van der Waals surface area contributed by atoms with Crippen LogP contribution in [0.3, 0.4) is 0 Å². The molecule has 0 bridgehead atoms. The minimum absolute atomic E-state index is 0.325. The van der Waals surface area contributed by atoms with Gasteiger partial charge in [0, 0.05) is 0 Å². The van der Waals surface area contributed by atoms with Gasteiger partial charge in [0.25, 0.3) is 0 Å². The van der Waals surface area contributed by atoms with E-state index in [1.165, 1.54) is 16.3 Å². The van der Waals surface area contributed by atoms with E-state index >= 15 is 0 Å². The van der Waals surface area contributed by atoms with Gasteiger partial charge < -0.3 is 5.73 Å². The Morgan fingerprint density at radius 3 is 2.81 bits per heavy atom. The quantitative estimate of drug-likeness (QED) is 0.643. The minimum Gasteiger partial charge on any atom is -0.382 e. The summed E-state index contributed by atoms with van der Waals surface area (Å²) in [4.78, 5) is 4.36. The van der Waals surface area contributed by atoms with E-state index in [9.17, 15) is 0 Å². The molecule has 82 valence electrons. The van der Waals surface area contributed by atoms with Gasteiger partial charge in [-0.1, -0.05) is 0 Å². The van der Waals surface area contributed by atoms with Crippen LogP contribution in [0.4, 0.5) is 5.82 Å². The number of nitrogen functional groups attached to an aromatic ring is 1. The third-order valence-corrected chi connectivity index (χ3v) is 3.79. The monoisotopic (exact) mass is 297 g/mol. The van der Waals surface area contributed by atoms with E-state index in [1.807, 2.05) is 13.2 Å². The molecule has 7 heteroatoms. The predicted molar refractivity (Wildman–Crippen MR) is 66.3 cm³/mol. The summed E-state index contributed by atoms with van der Waals surface area (Å²) in [5.41, 5.74) is 7.69. The highest BCUT2D eigenvalue weighted by molar-refractivity contribution is 9.10. The molecule has 2 rings (SSSR count). The Kier molecular flexibility index (Phi) is 2.78. The van der Waals surface area contributed by atoms with E-state index < -0.39 is 0 Å². The number of hydrogen-bond acceptors (Lipinski definition) is 5. The van der Waals surface area contributed by atoms with Crippen LogP contribution in [0.2, 0.25) is 0 Å². The highest BCUT2D eigenvalue weighted by atomic mass is 79.9. The van der Waals surface area contributed by atoms with Gasteiger partial charge >= 0.3 is 0 Å². The molecule has 5 nitrogen and oxygen atoms in total. The molecule has 0 aliphatic carbocycles. The molecule has 16 heavy (non-hydrogen) atoms. The number of anilines is 1. The SMILES string of the molecule is CSc1nc2c(Br)c(C)nn2c(N)c1C#N. The van der Waals surface area contributed by atoms with Gasteiger partial charge in [-0.05, 0) is 29.1 Å². The lowest BCUT2D eigenvalue weighted by atomic mass is 10.3. The fraction of sp³-hybridized carbons (Fsp3) is 0.222. The van der Waals surface area contributed by atoms with Gasteiger partial charge in [-0.15, -0.1) is 11.8 Å². The van der Waals surface area contributed by atoms with Gasteiger partial charge in [0.15, 0.2) is 5.65 Å². The second-order valence-electron chi connectivity index (χ2n) is 3.13. The molecule has 2 N–H and O–H groups in total. The summed E-state index contributed by atoms with van der Waals surface area (Å²) < 4.78 is 2.29. The fourth-order valence-electron chi connectivity index (χ4n) is 1.38. The molecule has 0 radical (unpaired) electrons. The van der Waals surface area contributed by atoms with E-state index in [0.717, 1.165) is 10.2 Å². The van der Waals surface area contributed by atoms with Crippen molar-refractivity contribution in [3.8, 4) is 6.07 Å². The van der Waals surface area contributed by atoms with Gasteiger partial charge in [-0.25, -0.2) is 4.98 Å². The normalized spacial score (nSPS) is 10.6. The molecular formula is C9H8BrN5S. The van der Waals surface area contributed by atoms with Crippen molar-refractivity contribution < 1.29 is 0 Å². The summed E-state index contributed by atoms with van der Waals surface area (Å²) in [5.74, 6) is 0.325. The molecular weight excluding hydrogens is 290 g/mol. The lowest BCUT2D eigenvalue weighted by Gasteiger charge is -2.05. The van der Waals surface area contributed by atoms with Crippen molar-refractivity contribution in [1.29, 1.82) is 5.26 Å². The van der Waals surface area contributed by atoms with Crippen LogP contribution >= 0.6 is 27.7 Å². The largest absolute Gasteiger partial charge is 0.382 e. The van der Waals surface area contributed by atoms with Crippen LogP contribution in [0.5, 0.6) is 0 Å². The number of aromatic nitrogens is 3. The summed E-state index contributed by atoms with van der Waals surface area (Å²) in [6.07, 6.45) is 1.86. The molecule has 0 fully saturated rings. The van der Waals surface area contributed by atoms with Gasteiger partial charge in [0.2, 0.25) is 0 Å². The number of nitrogens with two attached hydrogens (primary N) is 1. The smallest absolute Gasteiger partial charge is 0.173 e. The highest BCUT2D eigenvalue weighted by Crippen LogP contribution is 2.28. The van der Waals surface area contributed by atoms with Crippen molar-refractivity contribution in [1.82, 2.24) is 14.6 Å². The molecule has 0 atom stereocenters. The zero-order valence-electron chi connectivity index (χ0n) is 8.65. The maximum atomic E-state index is 9.03. The fourth-order valence-corrected chi connectivity index (χ4v) is 2.25. The van der Waals surface area contributed by atoms with Crippen LogP contribution in [0.25, 0.3) is 5.65 Å². The number of hydrogen-bond donors (Lipinski definition) is 1. The van der Waals surface area contributed by atoms with Crippen LogP contribution in [-0.4, -0.2) is 20.9 Å². The first kappa shape index (κ1) is 11.2. The first-order valence-corrected chi connectivity index (χ1v) is 6.40. The highest BCUT2D eigenvalue weighted by Gasteiger charge is 2.16. The Labute approximate surface area is 105 Å². The van der Waals surface area contributed by atoms with E-state index in [4.69, 9.17) is 11.0 Å². The van der Waals surface area contributed by atoms with E-state index in [-0.39, 0.29) is 0 Å². The second-order valence-corrected chi connectivity index (χ2v) is 4.72. The summed E-state index contributed by atoms with van der Waals surface area (Å²) in [7, 11) is 0. The number of fused-ring (bicyclic) bond motifs is 1. The summed E-state index contributed by atoms with van der Waals surface area (Å²) in [6, 6.07) is 2.05. The van der Waals surface area contributed by atoms with Crippen molar-refractivity contribution in [2.24, 2.45) is 0 Å². The average molecular weight is 298 g/mol. The first-order chi connectivity index (χ1) is 7.60. The van der Waals surface area contributed by atoms with Crippen molar-refractivity contribution in [2.75, 3.05) is 12.0 Å². The Hall–Kier alpha value is -1.26. The Bertz CT molecular complexity index is 613. The number of thioether (sulfide) groups is 1. The van der Waals surface area contributed by atoms with Crippen molar-refractivity contribution in [2.45, 2.75) is 11.9 Å². The molecule has 0 spiro atoms. The zero-order valence-corrected chi connectivity index (χ0v) is 11.1. The Morgan fingerprint density at radius 1 is 1.56 bits per heavy atom. The molecule has 0 saturated carbocycles. The van der Waals surface area contributed by atoms with Crippen molar-refractivity contribution in [3.63, 3.8) is 0 Å². The Morgan fingerprint density at radius 2 is 2.25 bits per heavy atom. The van der Waals surface area contributed by atoms with Crippen molar-refractivity contribution >= 4 is 39.2 Å². The standard InChI is InChI=1S/C9H8BrN5S/c1-4-6(10)8-13-9(16-2)5(3-11)7(12)15(8)14-4/h12H2,1-2H3. The number of nitriles is 1. The summed E-state index contributed by atoms with van der Waals surface area (Å²) in [5, 5.41) is 13.9. The van der Waals surface area contributed by atoms with Gasteiger partial charge in [-0.2, -0.15) is 14.9 Å². The van der Waals surface area contributed by atoms with E-state index in [1.54, 1.807) is 0 Å². The number of rotatable bonds is 1. The van der Waals surface area contributed by atoms with Gasteiger partial charge in [0.1, 0.15) is 22.5 Å². The first-order valence-electron chi connectivity index (χ1n) is 4.38. The van der Waals surface area contributed by atoms with E-state index in [2.05, 4.69) is 32.1 Å². The molecule has 2 aromatic heterocycles. The van der Waals surface area contributed by atoms with Crippen LogP contribution in [0.15, 0.2) is 9.50 Å². The predicted octanol–water partition coefficient (Wildman–Crippen LogP) is 1.98. The topological polar surface area (TPSA) is 80.0 Å². The molecule has 0 saturated heterocycles. The van der Waals surface area contributed by atoms with Crippen molar-refractivity contribution in [3.05, 3.63) is 15.7 Å². The molecule has 0 aliphatic heterocycles. The third-order valence-electron chi connectivity index (χ3n) is 2.18. The number of nitrogens with zero attached hydrogens (tertiary/aromatic N) is 4. The molecule has 2 heterocycles. The molecule has 2 aromatic rings. The maximum Gasteiger partial charge on any atom is 0.173 e. The van der Waals surface area contributed by atoms with Gasteiger partial charge in [-0.3, -0.25) is 0 Å². The molecule has 0 amide bonds. The summed E-state index contributed by atoms with van der Waals surface area (Å²) >= 11 is 4.79. The van der Waals surface area contributed by atoms with Crippen LogP contribution < -0.4 is 5.73 Å². The molecule has 0 aliphatic rings. The maximum absolute atomic E-state index is 9.03. The van der Waals surface area contributed by atoms with E-state index in [0.29, 0.717) is 22.1 Å². The Balaban J connectivity index is 2.94. The third kappa shape index (κ3) is 1.45. The van der Waals surface area contributed by atoms with Crippen LogP contribution in [0, 0.1) is 18.3 Å². The molecule has 0 aromatic carbocycles. The lowest BCUT2D eigenvalue weighted by Crippen LogP contribution is -2.05. The van der Waals surface area contributed by atoms with Crippen LogP contribution in [0.1, 0.15) is 11.3 Å². The lowest BCUT2D eigenvalue weighted by molar-refractivity contribution is 0.904. The zero-order chi connectivity index (χ0) is 11.9. The van der Waals surface area contributed by atoms with Crippen LogP contribution in [-0.2, 0) is 0 Å². The minimum atomic E-state index is 0.325. The summed E-state index contributed by atoms with van der Waals surface area (Å²) in [6.45, 7) is 1.85. The van der Waals surface area contributed by atoms with Gasteiger partial charge in [0.05, 0.1) is 10.2 Å².